The van der Waals surface area contributed by atoms with Gasteiger partial charge in [-0.3, -0.25) is 10.1 Å². The molecule has 6 nitrogen and oxygen atoms in total. The van der Waals surface area contributed by atoms with Crippen LogP contribution in [0.15, 0.2) is 42.5 Å². The van der Waals surface area contributed by atoms with Crippen molar-refractivity contribution in [3.8, 4) is 11.5 Å². The molecule has 3 N–H and O–H groups in total. The Morgan fingerprint density at radius 1 is 1.17 bits per heavy atom. The van der Waals surface area contributed by atoms with Gasteiger partial charge >= 0.3 is 6.36 Å². The van der Waals surface area contributed by atoms with E-state index in [9.17, 15) is 28.4 Å². The highest BCUT2D eigenvalue weighted by Crippen LogP contribution is 2.32. The van der Waals surface area contributed by atoms with Gasteiger partial charge in [-0.05, 0) is 29.8 Å². The molecule has 0 fully saturated rings. The first-order chi connectivity index (χ1) is 10.7. The third-order valence-corrected chi connectivity index (χ3v) is 3.02. The number of phenolic OH excluding ortho intramolecular Hbond substituents is 1. The lowest BCUT2D eigenvalue weighted by molar-refractivity contribution is -0.385. The minimum Gasteiger partial charge on any atom is -0.508 e. The molecule has 1 atom stereocenters. The monoisotopic (exact) mass is 364 g/mol. The Kier molecular flexibility index (Phi) is 5.99. The molecule has 0 spiro atoms. The van der Waals surface area contributed by atoms with Crippen LogP contribution in [0.4, 0.5) is 18.9 Å². The first-order valence-corrected chi connectivity index (χ1v) is 6.26. The maximum atomic E-state index is 12.1. The number of nitrogens with two attached hydrogens (primary N) is 1. The summed E-state index contributed by atoms with van der Waals surface area (Å²) in [7, 11) is 0. The highest BCUT2D eigenvalue weighted by Gasteiger charge is 2.31. The summed E-state index contributed by atoms with van der Waals surface area (Å²) in [4.78, 5) is 10.3. The quantitative estimate of drug-likeness (QED) is 0.637. The second-order valence-electron chi connectivity index (χ2n) is 4.59. The third-order valence-electron chi connectivity index (χ3n) is 3.02. The van der Waals surface area contributed by atoms with E-state index in [0.29, 0.717) is 5.56 Å². The maximum absolute atomic E-state index is 12.1. The summed E-state index contributed by atoms with van der Waals surface area (Å²) < 4.78 is 40.0. The summed E-state index contributed by atoms with van der Waals surface area (Å²) in [5.74, 6) is -0.642. The van der Waals surface area contributed by atoms with Crippen LogP contribution in [-0.2, 0) is 0 Å². The largest absolute Gasteiger partial charge is 0.573 e. The topological polar surface area (TPSA) is 98.6 Å². The van der Waals surface area contributed by atoms with Gasteiger partial charge in [-0.25, -0.2) is 0 Å². The number of ether oxygens (including phenoxy) is 1. The number of halogens is 4. The van der Waals surface area contributed by atoms with Gasteiger partial charge in [0, 0.05) is 6.07 Å². The van der Waals surface area contributed by atoms with E-state index in [1.54, 1.807) is 0 Å². The van der Waals surface area contributed by atoms with E-state index in [1.807, 2.05) is 0 Å². The van der Waals surface area contributed by atoms with Gasteiger partial charge in [0.05, 0.1) is 16.5 Å². The fraction of sp³-hybridized carbons (Fsp3) is 0.143. The lowest BCUT2D eigenvalue weighted by atomic mass is 9.98. The molecule has 2 aromatic rings. The van der Waals surface area contributed by atoms with Crippen molar-refractivity contribution in [2.24, 2.45) is 5.73 Å². The predicted molar refractivity (Wildman–Crippen MR) is 81.2 cm³/mol. The number of rotatable bonds is 4. The number of nitro benzene ring substituents is 1. The molecule has 24 heavy (non-hydrogen) atoms. The second-order valence-corrected chi connectivity index (χ2v) is 4.59. The van der Waals surface area contributed by atoms with Crippen molar-refractivity contribution in [1.29, 1.82) is 0 Å². The molecule has 2 aromatic carbocycles. The summed E-state index contributed by atoms with van der Waals surface area (Å²) in [5, 5.41) is 20.5. The molecule has 0 unspecified atom stereocenters. The van der Waals surface area contributed by atoms with E-state index in [-0.39, 0.29) is 29.4 Å². The Balaban J connectivity index is 0.00000288. The van der Waals surface area contributed by atoms with Crippen LogP contribution >= 0.6 is 12.4 Å². The Hall–Kier alpha value is -2.52. The van der Waals surface area contributed by atoms with E-state index in [4.69, 9.17) is 5.73 Å². The van der Waals surface area contributed by atoms with E-state index >= 15 is 0 Å². The lowest BCUT2D eigenvalue weighted by Crippen LogP contribution is -2.17. The van der Waals surface area contributed by atoms with Gasteiger partial charge in [0.25, 0.3) is 5.69 Å². The molecule has 2 rings (SSSR count). The molecule has 0 aliphatic heterocycles. The van der Waals surface area contributed by atoms with Gasteiger partial charge in [-0.1, -0.05) is 12.1 Å². The lowest BCUT2D eigenvalue weighted by Gasteiger charge is -2.14. The fourth-order valence-corrected chi connectivity index (χ4v) is 2.01. The van der Waals surface area contributed by atoms with Crippen molar-refractivity contribution >= 4 is 18.1 Å². The van der Waals surface area contributed by atoms with Crippen LogP contribution < -0.4 is 10.5 Å². The van der Waals surface area contributed by atoms with Crippen molar-refractivity contribution in [3.63, 3.8) is 0 Å². The van der Waals surface area contributed by atoms with E-state index in [0.717, 1.165) is 30.3 Å². The molecule has 0 bridgehead atoms. The van der Waals surface area contributed by atoms with Crippen LogP contribution in [0.25, 0.3) is 0 Å². The first kappa shape index (κ1) is 19.5. The van der Waals surface area contributed by atoms with Crippen molar-refractivity contribution in [2.45, 2.75) is 12.4 Å². The zero-order valence-electron chi connectivity index (χ0n) is 11.9. The summed E-state index contributed by atoms with van der Waals surface area (Å²) in [5.41, 5.74) is 5.99. The molecule has 0 radical (unpaired) electrons. The van der Waals surface area contributed by atoms with Gasteiger partial charge in [-0.2, -0.15) is 0 Å². The predicted octanol–water partition coefficient (Wildman–Crippen LogP) is 3.67. The van der Waals surface area contributed by atoms with E-state index in [1.165, 1.54) is 12.1 Å². The zero-order valence-corrected chi connectivity index (χ0v) is 12.7. The van der Waals surface area contributed by atoms with Gasteiger partial charge in [-0.15, -0.1) is 25.6 Å². The Labute approximate surface area is 140 Å². The standard InChI is InChI=1S/C14H11F3N2O4.ClH/c15-14(16,17)23-10-4-1-8(2-5-10)13(18)11-7-9(20)3-6-12(11)19(21)22;/h1-7,13,20H,18H2;1H/t13-;/m1./s1. The molecule has 0 amide bonds. The van der Waals surface area contributed by atoms with Gasteiger partial charge in [0.15, 0.2) is 0 Å². The third kappa shape index (κ3) is 4.74. The summed E-state index contributed by atoms with van der Waals surface area (Å²) in [6, 6.07) is 7.03. The average molecular weight is 365 g/mol. The highest BCUT2D eigenvalue weighted by atomic mass is 35.5. The van der Waals surface area contributed by atoms with Gasteiger partial charge in [0.1, 0.15) is 11.5 Å². The average Bonchev–Trinajstić information content (AvgIpc) is 2.45. The van der Waals surface area contributed by atoms with Crippen LogP contribution in [0, 0.1) is 10.1 Å². The van der Waals surface area contributed by atoms with Crippen molar-refractivity contribution in [3.05, 3.63) is 63.7 Å². The van der Waals surface area contributed by atoms with Crippen LogP contribution in [0.5, 0.6) is 11.5 Å². The molecular formula is C14H12ClF3N2O4. The molecule has 0 heterocycles. The number of hydrogen-bond donors (Lipinski definition) is 2. The Bertz CT molecular complexity index is 723. The van der Waals surface area contributed by atoms with Crippen LogP contribution in [-0.4, -0.2) is 16.4 Å². The fourth-order valence-electron chi connectivity index (χ4n) is 2.01. The van der Waals surface area contributed by atoms with E-state index < -0.39 is 23.1 Å². The molecule has 0 aliphatic carbocycles. The van der Waals surface area contributed by atoms with Crippen LogP contribution in [0.3, 0.4) is 0 Å². The van der Waals surface area contributed by atoms with Crippen molar-refractivity contribution < 1.29 is 27.9 Å². The maximum Gasteiger partial charge on any atom is 0.573 e. The molecule has 0 saturated carbocycles. The highest BCUT2D eigenvalue weighted by molar-refractivity contribution is 5.85. The summed E-state index contributed by atoms with van der Waals surface area (Å²) in [6.45, 7) is 0. The Morgan fingerprint density at radius 2 is 1.75 bits per heavy atom. The van der Waals surface area contributed by atoms with Gasteiger partial charge < -0.3 is 15.6 Å². The Morgan fingerprint density at radius 3 is 2.25 bits per heavy atom. The molecule has 10 heteroatoms. The van der Waals surface area contributed by atoms with E-state index in [2.05, 4.69) is 4.74 Å². The van der Waals surface area contributed by atoms with Crippen molar-refractivity contribution in [2.75, 3.05) is 0 Å². The molecular weight excluding hydrogens is 353 g/mol. The number of nitrogens with zero attached hydrogens (tertiary/aromatic N) is 1. The number of phenols is 1. The molecule has 130 valence electrons. The number of nitro groups is 1. The SMILES string of the molecule is Cl.N[C@H](c1ccc(OC(F)(F)F)cc1)c1cc(O)ccc1[N+](=O)[O-]. The summed E-state index contributed by atoms with van der Waals surface area (Å²) in [6.07, 6.45) is -4.81. The summed E-state index contributed by atoms with van der Waals surface area (Å²) >= 11 is 0. The number of hydrogen-bond acceptors (Lipinski definition) is 5. The second kappa shape index (κ2) is 7.37. The van der Waals surface area contributed by atoms with Crippen molar-refractivity contribution in [1.82, 2.24) is 0 Å². The zero-order chi connectivity index (χ0) is 17.2. The van der Waals surface area contributed by atoms with Gasteiger partial charge in [0.2, 0.25) is 0 Å². The smallest absolute Gasteiger partial charge is 0.508 e. The molecule has 0 aromatic heterocycles. The first-order valence-electron chi connectivity index (χ1n) is 6.26. The molecule has 0 saturated heterocycles. The minimum absolute atomic E-state index is 0. The van der Waals surface area contributed by atoms with Crippen LogP contribution in [0.2, 0.25) is 0 Å². The number of alkyl halides is 3. The number of aromatic hydroxyl groups is 1. The number of benzene rings is 2. The molecule has 0 aliphatic rings. The normalized spacial score (nSPS) is 12.2. The minimum atomic E-state index is -4.81. The van der Waals surface area contributed by atoms with Crippen LogP contribution in [0.1, 0.15) is 17.2 Å².